The molecule has 1 aromatic carbocycles. The van der Waals surface area contributed by atoms with Crippen LogP contribution >= 0.6 is 0 Å². The van der Waals surface area contributed by atoms with Crippen molar-refractivity contribution in [2.24, 2.45) is 5.41 Å². The molecule has 1 aromatic rings. The van der Waals surface area contributed by atoms with E-state index in [1.54, 1.807) is 30.9 Å². The van der Waals surface area contributed by atoms with Crippen molar-refractivity contribution in [3.8, 4) is 0 Å². The molecule has 1 aliphatic heterocycles. The van der Waals surface area contributed by atoms with Gasteiger partial charge in [0.1, 0.15) is 11.2 Å². The Balaban J connectivity index is 1.85. The number of nitrogens with zero attached hydrogens (tertiary/aromatic N) is 2. The molecule has 5 nitrogen and oxygen atoms in total. The fourth-order valence-corrected chi connectivity index (χ4v) is 2.69. The molecule has 1 heterocycles. The molecule has 1 N–H and O–H groups in total. The van der Waals surface area contributed by atoms with Gasteiger partial charge in [-0.15, -0.1) is 0 Å². The van der Waals surface area contributed by atoms with Crippen molar-refractivity contribution in [1.82, 2.24) is 15.1 Å². The van der Waals surface area contributed by atoms with Crippen LogP contribution in [0.25, 0.3) is 0 Å². The molecule has 0 atom stereocenters. The van der Waals surface area contributed by atoms with Crippen molar-refractivity contribution in [2.45, 2.75) is 20.3 Å². The fourth-order valence-electron chi connectivity index (χ4n) is 2.69. The molecule has 132 valence electrons. The SMILES string of the molecule is CN1CCN(C(=O)C(C)(C)C(=O)NCCc2ccc(F)cc2)CC1. The monoisotopic (exact) mass is 335 g/mol. The second kappa shape index (κ2) is 7.75. The van der Waals surface area contributed by atoms with Gasteiger partial charge in [0.25, 0.3) is 0 Å². The third kappa shape index (κ3) is 4.54. The van der Waals surface area contributed by atoms with Crippen LogP contribution in [0, 0.1) is 11.2 Å². The summed E-state index contributed by atoms with van der Waals surface area (Å²) in [6.07, 6.45) is 0.602. The maximum atomic E-state index is 12.9. The Hall–Kier alpha value is -1.95. The number of carbonyl (C=O) groups is 2. The fraction of sp³-hybridized carbons (Fsp3) is 0.556. The number of hydrogen-bond acceptors (Lipinski definition) is 3. The number of likely N-dealkylation sites (N-methyl/N-ethyl adjacent to an activating group) is 1. The van der Waals surface area contributed by atoms with Crippen molar-refractivity contribution in [3.05, 3.63) is 35.6 Å². The van der Waals surface area contributed by atoms with Crippen LogP contribution in [0.5, 0.6) is 0 Å². The molecular formula is C18H26FN3O2. The molecule has 0 saturated carbocycles. The first-order chi connectivity index (χ1) is 11.3. The van der Waals surface area contributed by atoms with Crippen molar-refractivity contribution in [1.29, 1.82) is 0 Å². The lowest BCUT2D eigenvalue weighted by Gasteiger charge is -2.36. The van der Waals surface area contributed by atoms with Crippen molar-refractivity contribution in [2.75, 3.05) is 39.8 Å². The Morgan fingerprint density at radius 1 is 1.12 bits per heavy atom. The quantitative estimate of drug-likeness (QED) is 0.825. The second-order valence-electron chi connectivity index (χ2n) is 6.85. The van der Waals surface area contributed by atoms with E-state index in [0.29, 0.717) is 26.1 Å². The van der Waals surface area contributed by atoms with Gasteiger partial charge in [-0.3, -0.25) is 9.59 Å². The molecule has 1 saturated heterocycles. The summed E-state index contributed by atoms with van der Waals surface area (Å²) in [5, 5.41) is 2.82. The third-order valence-electron chi connectivity index (χ3n) is 4.51. The number of halogens is 1. The highest BCUT2D eigenvalue weighted by atomic mass is 19.1. The molecule has 0 spiro atoms. The zero-order valence-corrected chi connectivity index (χ0v) is 14.6. The smallest absolute Gasteiger partial charge is 0.237 e. The van der Waals surface area contributed by atoms with Crippen LogP contribution in [0.3, 0.4) is 0 Å². The van der Waals surface area contributed by atoms with Crippen LogP contribution in [0.1, 0.15) is 19.4 Å². The number of amides is 2. The number of carbonyl (C=O) groups excluding carboxylic acids is 2. The van der Waals surface area contributed by atoms with E-state index in [0.717, 1.165) is 18.7 Å². The highest BCUT2D eigenvalue weighted by Crippen LogP contribution is 2.20. The molecule has 1 fully saturated rings. The summed E-state index contributed by atoms with van der Waals surface area (Å²) in [4.78, 5) is 29.0. The zero-order valence-electron chi connectivity index (χ0n) is 14.6. The van der Waals surface area contributed by atoms with Gasteiger partial charge in [0.05, 0.1) is 0 Å². The molecule has 24 heavy (non-hydrogen) atoms. The maximum Gasteiger partial charge on any atom is 0.237 e. The first-order valence-electron chi connectivity index (χ1n) is 8.31. The van der Waals surface area contributed by atoms with Gasteiger partial charge in [-0.1, -0.05) is 12.1 Å². The summed E-state index contributed by atoms with van der Waals surface area (Å²) in [6.45, 7) is 6.72. The standard InChI is InChI=1S/C18H26FN3O2/c1-18(2,17(24)22-12-10-21(3)11-13-22)16(23)20-9-8-14-4-6-15(19)7-5-14/h4-7H,8-13H2,1-3H3,(H,20,23). The summed E-state index contributed by atoms with van der Waals surface area (Å²) in [6, 6.07) is 6.19. The van der Waals surface area contributed by atoms with E-state index < -0.39 is 5.41 Å². The van der Waals surface area contributed by atoms with Crippen molar-refractivity contribution >= 4 is 11.8 Å². The lowest BCUT2D eigenvalue weighted by atomic mass is 9.90. The van der Waals surface area contributed by atoms with E-state index in [9.17, 15) is 14.0 Å². The lowest BCUT2D eigenvalue weighted by Crippen LogP contribution is -2.55. The molecule has 0 unspecified atom stereocenters. The van der Waals surface area contributed by atoms with Gasteiger partial charge in [-0.05, 0) is 45.0 Å². The van der Waals surface area contributed by atoms with Crippen molar-refractivity contribution in [3.63, 3.8) is 0 Å². The van der Waals surface area contributed by atoms with Gasteiger partial charge in [0.2, 0.25) is 11.8 Å². The van der Waals surface area contributed by atoms with Crippen LogP contribution in [0.15, 0.2) is 24.3 Å². The van der Waals surface area contributed by atoms with Gasteiger partial charge in [0.15, 0.2) is 0 Å². The molecule has 0 bridgehead atoms. The largest absolute Gasteiger partial charge is 0.355 e. The molecule has 1 aliphatic rings. The van der Waals surface area contributed by atoms with E-state index in [2.05, 4.69) is 10.2 Å². The average Bonchev–Trinajstić information content (AvgIpc) is 2.56. The molecular weight excluding hydrogens is 309 g/mol. The number of hydrogen-bond donors (Lipinski definition) is 1. The topological polar surface area (TPSA) is 52.7 Å². The predicted octanol–water partition coefficient (Wildman–Crippen LogP) is 1.28. The van der Waals surface area contributed by atoms with Gasteiger partial charge in [0, 0.05) is 32.7 Å². The summed E-state index contributed by atoms with van der Waals surface area (Å²) in [7, 11) is 2.02. The zero-order chi connectivity index (χ0) is 17.7. The van der Waals surface area contributed by atoms with Gasteiger partial charge >= 0.3 is 0 Å². The number of rotatable bonds is 5. The summed E-state index contributed by atoms with van der Waals surface area (Å²) < 4.78 is 12.9. The summed E-state index contributed by atoms with van der Waals surface area (Å²) >= 11 is 0. The Morgan fingerprint density at radius 3 is 2.29 bits per heavy atom. The molecule has 0 radical (unpaired) electrons. The Bertz CT molecular complexity index is 578. The minimum absolute atomic E-state index is 0.130. The van der Waals surface area contributed by atoms with E-state index in [-0.39, 0.29) is 17.6 Å². The summed E-state index contributed by atoms with van der Waals surface area (Å²) in [5.41, 5.74) is -0.140. The molecule has 2 amide bonds. The van der Waals surface area contributed by atoms with Crippen LogP contribution in [-0.4, -0.2) is 61.4 Å². The first kappa shape index (κ1) is 18.4. The Labute approximate surface area is 142 Å². The highest BCUT2D eigenvalue weighted by molar-refractivity contribution is 6.04. The normalized spacial score (nSPS) is 16.1. The van der Waals surface area contributed by atoms with Crippen LogP contribution in [0.2, 0.25) is 0 Å². The van der Waals surface area contributed by atoms with Gasteiger partial charge < -0.3 is 15.1 Å². The van der Waals surface area contributed by atoms with E-state index in [1.165, 1.54) is 12.1 Å². The van der Waals surface area contributed by atoms with E-state index >= 15 is 0 Å². The lowest BCUT2D eigenvalue weighted by molar-refractivity contribution is -0.149. The van der Waals surface area contributed by atoms with E-state index in [1.807, 2.05) is 7.05 Å². The predicted molar refractivity (Wildman–Crippen MR) is 91.0 cm³/mol. The van der Waals surface area contributed by atoms with Gasteiger partial charge in [-0.2, -0.15) is 0 Å². The average molecular weight is 335 g/mol. The van der Waals surface area contributed by atoms with Crippen LogP contribution in [-0.2, 0) is 16.0 Å². The van der Waals surface area contributed by atoms with E-state index in [4.69, 9.17) is 0 Å². The molecule has 2 rings (SSSR count). The minimum Gasteiger partial charge on any atom is -0.355 e. The molecule has 0 aromatic heterocycles. The molecule has 0 aliphatic carbocycles. The molecule has 6 heteroatoms. The Kier molecular flexibility index (Phi) is 5.94. The van der Waals surface area contributed by atoms with Crippen LogP contribution in [0.4, 0.5) is 4.39 Å². The number of nitrogens with one attached hydrogen (secondary N) is 1. The van der Waals surface area contributed by atoms with Crippen molar-refractivity contribution < 1.29 is 14.0 Å². The Morgan fingerprint density at radius 2 is 1.71 bits per heavy atom. The summed E-state index contributed by atoms with van der Waals surface area (Å²) in [5.74, 6) is -0.676. The third-order valence-corrected chi connectivity index (χ3v) is 4.51. The second-order valence-corrected chi connectivity index (χ2v) is 6.85. The maximum absolute atomic E-state index is 12.9. The number of benzene rings is 1. The first-order valence-corrected chi connectivity index (χ1v) is 8.31. The van der Waals surface area contributed by atoms with Crippen LogP contribution < -0.4 is 5.32 Å². The highest BCUT2D eigenvalue weighted by Gasteiger charge is 2.39. The minimum atomic E-state index is -1.08. The van der Waals surface area contributed by atoms with Gasteiger partial charge in [-0.25, -0.2) is 4.39 Å². The number of piperazine rings is 1.